The summed E-state index contributed by atoms with van der Waals surface area (Å²) in [6.45, 7) is 2.18. The third-order valence-corrected chi connectivity index (χ3v) is 2.88. The molecule has 4 nitrogen and oxygen atoms in total. The summed E-state index contributed by atoms with van der Waals surface area (Å²) < 4.78 is 5.31. The molecule has 0 atom stereocenters. The van der Waals surface area contributed by atoms with E-state index in [9.17, 15) is 4.79 Å². The number of nitrogens with one attached hydrogen (secondary N) is 2. The van der Waals surface area contributed by atoms with Gasteiger partial charge in [-0.25, -0.2) is 0 Å². The van der Waals surface area contributed by atoms with Gasteiger partial charge in [-0.05, 0) is 30.3 Å². The van der Waals surface area contributed by atoms with Crippen molar-refractivity contribution in [2.24, 2.45) is 0 Å². The maximum atomic E-state index is 10.9. The number of carbonyl (C=O) groups excluding carboxylic acids is 1. The molecule has 2 aromatic rings. The second-order valence-corrected chi connectivity index (χ2v) is 4.42. The number of amides is 1. The van der Waals surface area contributed by atoms with E-state index in [0.29, 0.717) is 6.54 Å². The van der Waals surface area contributed by atoms with E-state index in [1.807, 2.05) is 48.5 Å². The highest BCUT2D eigenvalue weighted by Crippen LogP contribution is 2.19. The lowest BCUT2D eigenvalue weighted by atomic mass is 10.2. The van der Waals surface area contributed by atoms with Crippen molar-refractivity contribution in [2.75, 3.05) is 17.7 Å². The van der Waals surface area contributed by atoms with Gasteiger partial charge in [0.05, 0.1) is 7.11 Å². The van der Waals surface area contributed by atoms with Crippen LogP contribution in [0.2, 0.25) is 0 Å². The molecule has 0 aliphatic heterocycles. The highest BCUT2D eigenvalue weighted by atomic mass is 16.5. The molecule has 0 aliphatic carbocycles. The number of anilines is 2. The Bertz CT molecular complexity index is 579. The second-order valence-electron chi connectivity index (χ2n) is 4.42. The molecule has 0 radical (unpaired) electrons. The molecule has 0 saturated heterocycles. The van der Waals surface area contributed by atoms with Gasteiger partial charge in [0.25, 0.3) is 0 Å². The lowest BCUT2D eigenvalue weighted by Gasteiger charge is -2.11. The molecule has 0 saturated carbocycles. The van der Waals surface area contributed by atoms with Crippen molar-refractivity contribution in [1.29, 1.82) is 0 Å². The van der Waals surface area contributed by atoms with Gasteiger partial charge in [-0.15, -0.1) is 0 Å². The monoisotopic (exact) mass is 270 g/mol. The topological polar surface area (TPSA) is 50.4 Å². The van der Waals surface area contributed by atoms with Crippen LogP contribution in [0.15, 0.2) is 48.5 Å². The zero-order valence-electron chi connectivity index (χ0n) is 11.6. The molecular weight excluding hydrogens is 252 g/mol. The van der Waals surface area contributed by atoms with Gasteiger partial charge < -0.3 is 15.4 Å². The van der Waals surface area contributed by atoms with Crippen LogP contribution in [0.3, 0.4) is 0 Å². The summed E-state index contributed by atoms with van der Waals surface area (Å²) in [7, 11) is 1.67. The van der Waals surface area contributed by atoms with Crippen LogP contribution in [0, 0.1) is 0 Å². The van der Waals surface area contributed by atoms with Crippen molar-refractivity contribution < 1.29 is 9.53 Å². The number of para-hydroxylation sites is 1. The van der Waals surface area contributed by atoms with Crippen molar-refractivity contribution in [1.82, 2.24) is 0 Å². The minimum Gasteiger partial charge on any atom is -0.496 e. The molecular formula is C16H18N2O2. The van der Waals surface area contributed by atoms with Gasteiger partial charge >= 0.3 is 0 Å². The van der Waals surface area contributed by atoms with Crippen molar-refractivity contribution in [2.45, 2.75) is 13.5 Å². The first-order chi connectivity index (χ1) is 9.69. The molecule has 104 valence electrons. The van der Waals surface area contributed by atoms with Crippen LogP contribution in [0.5, 0.6) is 5.75 Å². The van der Waals surface area contributed by atoms with E-state index in [-0.39, 0.29) is 5.91 Å². The Kier molecular flexibility index (Phi) is 4.60. The van der Waals surface area contributed by atoms with E-state index in [2.05, 4.69) is 10.6 Å². The fourth-order valence-electron chi connectivity index (χ4n) is 1.92. The Morgan fingerprint density at radius 1 is 1.05 bits per heavy atom. The SMILES string of the molecule is COc1ccccc1CNc1ccc(NC(C)=O)cc1. The molecule has 4 heteroatoms. The Labute approximate surface area is 118 Å². The number of carbonyl (C=O) groups is 1. The third-order valence-electron chi connectivity index (χ3n) is 2.88. The first-order valence-corrected chi connectivity index (χ1v) is 6.42. The molecule has 2 rings (SSSR count). The van der Waals surface area contributed by atoms with Gasteiger partial charge in [-0.3, -0.25) is 4.79 Å². The summed E-state index contributed by atoms with van der Waals surface area (Å²) in [4.78, 5) is 10.9. The first kappa shape index (κ1) is 13.9. The lowest BCUT2D eigenvalue weighted by Crippen LogP contribution is -2.06. The van der Waals surface area contributed by atoms with Gasteiger partial charge in [-0.2, -0.15) is 0 Å². The molecule has 0 heterocycles. The standard InChI is InChI=1S/C16H18N2O2/c1-12(19)18-15-9-7-14(8-10-15)17-11-13-5-3-4-6-16(13)20-2/h3-10,17H,11H2,1-2H3,(H,18,19). The fraction of sp³-hybridized carbons (Fsp3) is 0.188. The average Bonchev–Trinajstić information content (AvgIpc) is 2.46. The maximum absolute atomic E-state index is 10.9. The number of rotatable bonds is 5. The second kappa shape index (κ2) is 6.61. The number of hydrogen-bond donors (Lipinski definition) is 2. The molecule has 1 amide bonds. The third kappa shape index (κ3) is 3.75. The highest BCUT2D eigenvalue weighted by molar-refractivity contribution is 5.88. The number of methoxy groups -OCH3 is 1. The van der Waals surface area contributed by atoms with E-state index in [4.69, 9.17) is 4.74 Å². The van der Waals surface area contributed by atoms with E-state index in [1.165, 1.54) is 6.92 Å². The summed E-state index contributed by atoms with van der Waals surface area (Å²) in [6, 6.07) is 15.5. The van der Waals surface area contributed by atoms with Gasteiger partial charge in [0.1, 0.15) is 5.75 Å². The minimum atomic E-state index is -0.0697. The van der Waals surface area contributed by atoms with Crippen molar-refractivity contribution in [3.63, 3.8) is 0 Å². The van der Waals surface area contributed by atoms with E-state index < -0.39 is 0 Å². The fourth-order valence-corrected chi connectivity index (χ4v) is 1.92. The molecule has 2 aromatic carbocycles. The molecule has 0 aromatic heterocycles. The Hall–Kier alpha value is -2.49. The zero-order valence-corrected chi connectivity index (χ0v) is 11.6. The summed E-state index contributed by atoms with van der Waals surface area (Å²) >= 11 is 0. The average molecular weight is 270 g/mol. The van der Waals surface area contributed by atoms with Crippen molar-refractivity contribution >= 4 is 17.3 Å². The molecule has 0 unspecified atom stereocenters. The Balaban J connectivity index is 1.98. The Morgan fingerprint density at radius 2 is 1.70 bits per heavy atom. The molecule has 20 heavy (non-hydrogen) atoms. The zero-order chi connectivity index (χ0) is 14.4. The summed E-state index contributed by atoms with van der Waals surface area (Å²) in [5.74, 6) is 0.801. The summed E-state index contributed by atoms with van der Waals surface area (Å²) in [5, 5.41) is 6.06. The summed E-state index contributed by atoms with van der Waals surface area (Å²) in [5.41, 5.74) is 2.88. The number of ether oxygens (including phenoxy) is 1. The molecule has 0 fully saturated rings. The van der Waals surface area contributed by atoms with Crippen molar-refractivity contribution in [3.8, 4) is 5.75 Å². The van der Waals surface area contributed by atoms with Crippen LogP contribution in [-0.4, -0.2) is 13.0 Å². The maximum Gasteiger partial charge on any atom is 0.221 e. The van der Waals surface area contributed by atoms with E-state index >= 15 is 0 Å². The number of hydrogen-bond acceptors (Lipinski definition) is 3. The van der Waals surface area contributed by atoms with Crippen LogP contribution < -0.4 is 15.4 Å². The predicted molar refractivity (Wildman–Crippen MR) is 81.1 cm³/mol. The van der Waals surface area contributed by atoms with Crippen LogP contribution >= 0.6 is 0 Å². The molecule has 0 bridgehead atoms. The van der Waals surface area contributed by atoms with Crippen LogP contribution in [-0.2, 0) is 11.3 Å². The van der Waals surface area contributed by atoms with Gasteiger partial charge in [0, 0.05) is 30.4 Å². The minimum absolute atomic E-state index is 0.0697. The van der Waals surface area contributed by atoms with E-state index in [1.54, 1.807) is 7.11 Å². The smallest absolute Gasteiger partial charge is 0.221 e. The normalized spacial score (nSPS) is 9.90. The molecule has 2 N–H and O–H groups in total. The van der Waals surface area contributed by atoms with Crippen molar-refractivity contribution in [3.05, 3.63) is 54.1 Å². The molecule has 0 spiro atoms. The Morgan fingerprint density at radius 3 is 2.35 bits per heavy atom. The van der Waals surface area contributed by atoms with Crippen LogP contribution in [0.25, 0.3) is 0 Å². The first-order valence-electron chi connectivity index (χ1n) is 6.42. The largest absolute Gasteiger partial charge is 0.496 e. The quantitative estimate of drug-likeness (QED) is 0.876. The predicted octanol–water partition coefficient (Wildman–Crippen LogP) is 3.27. The number of benzene rings is 2. The van der Waals surface area contributed by atoms with E-state index in [0.717, 1.165) is 22.7 Å². The summed E-state index contributed by atoms with van der Waals surface area (Å²) in [6.07, 6.45) is 0. The van der Waals surface area contributed by atoms with Crippen LogP contribution in [0.1, 0.15) is 12.5 Å². The molecule has 0 aliphatic rings. The highest BCUT2D eigenvalue weighted by Gasteiger charge is 2.01. The van der Waals surface area contributed by atoms with Crippen LogP contribution in [0.4, 0.5) is 11.4 Å². The lowest BCUT2D eigenvalue weighted by molar-refractivity contribution is -0.114. The van der Waals surface area contributed by atoms with Gasteiger partial charge in [0.15, 0.2) is 0 Å². The van der Waals surface area contributed by atoms with Gasteiger partial charge in [-0.1, -0.05) is 18.2 Å². The van der Waals surface area contributed by atoms with Gasteiger partial charge in [0.2, 0.25) is 5.91 Å².